The molecular formula is C13H11ClN2O4S. The van der Waals surface area contributed by atoms with Crippen LogP contribution in [-0.4, -0.2) is 13.3 Å². The first-order valence-corrected chi connectivity index (χ1v) is 7.69. The number of sulfonamides is 1. The number of nitrogens with zero attached hydrogens (tertiary/aromatic N) is 1. The standard InChI is InChI=1S/C13H11ClN2O4S/c1-9-2-3-10(14)8-13(9)15-21(19,20)12-6-4-11(5-7-12)16(17)18/h2-8,15H,1H3. The summed E-state index contributed by atoms with van der Waals surface area (Å²) < 4.78 is 26.9. The fraction of sp³-hybridized carbons (Fsp3) is 0.0769. The second-order valence-electron chi connectivity index (χ2n) is 4.32. The predicted octanol–water partition coefficient (Wildman–Crippen LogP) is 3.36. The van der Waals surface area contributed by atoms with Crippen molar-refractivity contribution in [3.63, 3.8) is 0 Å². The highest BCUT2D eigenvalue weighted by Crippen LogP contribution is 2.24. The molecule has 1 N–H and O–H groups in total. The van der Waals surface area contributed by atoms with Gasteiger partial charge >= 0.3 is 0 Å². The first-order chi connectivity index (χ1) is 9.79. The molecule has 2 rings (SSSR count). The molecule has 0 unspecified atom stereocenters. The average Bonchev–Trinajstić information content (AvgIpc) is 2.43. The second kappa shape index (κ2) is 5.71. The molecule has 21 heavy (non-hydrogen) atoms. The molecule has 0 saturated heterocycles. The highest BCUT2D eigenvalue weighted by molar-refractivity contribution is 7.92. The molecule has 0 aliphatic rings. The second-order valence-corrected chi connectivity index (χ2v) is 6.43. The molecule has 0 saturated carbocycles. The topological polar surface area (TPSA) is 89.3 Å². The van der Waals surface area contributed by atoms with E-state index in [-0.39, 0.29) is 10.6 Å². The first-order valence-electron chi connectivity index (χ1n) is 5.83. The summed E-state index contributed by atoms with van der Waals surface area (Å²) in [6, 6.07) is 9.48. The molecule has 0 aromatic heterocycles. The van der Waals surface area contributed by atoms with Gasteiger partial charge in [0.25, 0.3) is 15.7 Å². The third kappa shape index (κ3) is 3.50. The zero-order valence-electron chi connectivity index (χ0n) is 10.9. The van der Waals surface area contributed by atoms with Gasteiger partial charge in [-0.25, -0.2) is 8.42 Å². The van der Waals surface area contributed by atoms with Crippen LogP contribution in [0.1, 0.15) is 5.56 Å². The highest BCUT2D eigenvalue weighted by Gasteiger charge is 2.17. The molecule has 6 nitrogen and oxygen atoms in total. The molecule has 0 aliphatic heterocycles. The average molecular weight is 327 g/mol. The van der Waals surface area contributed by atoms with Gasteiger partial charge in [-0.15, -0.1) is 0 Å². The summed E-state index contributed by atoms with van der Waals surface area (Å²) in [5, 5.41) is 11.0. The minimum Gasteiger partial charge on any atom is -0.279 e. The summed E-state index contributed by atoms with van der Waals surface area (Å²) in [4.78, 5) is 9.91. The Morgan fingerprint density at radius 2 is 1.76 bits per heavy atom. The van der Waals surface area contributed by atoms with Crippen LogP contribution in [0.3, 0.4) is 0 Å². The number of hydrogen-bond acceptors (Lipinski definition) is 4. The lowest BCUT2D eigenvalue weighted by Gasteiger charge is -2.10. The van der Waals surface area contributed by atoms with E-state index in [1.165, 1.54) is 18.2 Å². The van der Waals surface area contributed by atoms with Crippen molar-refractivity contribution >= 4 is 33.0 Å². The molecule has 0 radical (unpaired) electrons. The Hall–Kier alpha value is -2.12. The van der Waals surface area contributed by atoms with Gasteiger partial charge in [-0.2, -0.15) is 0 Å². The van der Waals surface area contributed by atoms with E-state index in [4.69, 9.17) is 11.6 Å². The SMILES string of the molecule is Cc1ccc(Cl)cc1NS(=O)(=O)c1ccc([N+](=O)[O-])cc1. The van der Waals surface area contributed by atoms with Gasteiger partial charge in [0, 0.05) is 17.2 Å². The zero-order valence-corrected chi connectivity index (χ0v) is 12.5. The van der Waals surface area contributed by atoms with Crippen molar-refractivity contribution in [3.8, 4) is 0 Å². The van der Waals surface area contributed by atoms with Crippen LogP contribution >= 0.6 is 11.6 Å². The summed E-state index contributed by atoms with van der Waals surface area (Å²) >= 11 is 5.84. The fourth-order valence-corrected chi connectivity index (χ4v) is 2.95. The van der Waals surface area contributed by atoms with E-state index in [1.807, 2.05) is 0 Å². The predicted molar refractivity (Wildman–Crippen MR) is 80.1 cm³/mol. The number of rotatable bonds is 4. The maximum atomic E-state index is 12.2. The normalized spacial score (nSPS) is 11.1. The molecule has 0 heterocycles. The Kier molecular flexibility index (Phi) is 4.15. The minimum atomic E-state index is -3.83. The number of hydrogen-bond donors (Lipinski definition) is 1. The smallest absolute Gasteiger partial charge is 0.269 e. The Bertz CT molecular complexity index is 788. The van der Waals surface area contributed by atoms with Gasteiger partial charge in [0.05, 0.1) is 15.5 Å². The molecular weight excluding hydrogens is 316 g/mol. The van der Waals surface area contributed by atoms with Crippen LogP contribution in [0, 0.1) is 17.0 Å². The van der Waals surface area contributed by atoms with E-state index in [0.717, 1.165) is 12.1 Å². The lowest BCUT2D eigenvalue weighted by atomic mass is 10.2. The van der Waals surface area contributed by atoms with Crippen LogP contribution < -0.4 is 4.72 Å². The number of nitro groups is 1. The molecule has 0 spiro atoms. The number of aryl methyl sites for hydroxylation is 1. The van der Waals surface area contributed by atoms with Gasteiger partial charge in [0.1, 0.15) is 0 Å². The van der Waals surface area contributed by atoms with Crippen LogP contribution in [0.4, 0.5) is 11.4 Å². The number of non-ortho nitro benzene ring substituents is 1. The van der Waals surface area contributed by atoms with E-state index < -0.39 is 14.9 Å². The van der Waals surface area contributed by atoms with Crippen LogP contribution in [-0.2, 0) is 10.0 Å². The maximum Gasteiger partial charge on any atom is 0.269 e. The summed E-state index contributed by atoms with van der Waals surface area (Å²) in [5.74, 6) is 0. The third-order valence-corrected chi connectivity index (χ3v) is 4.42. The van der Waals surface area contributed by atoms with Crippen LogP contribution in [0.5, 0.6) is 0 Å². The Labute approximate surface area is 126 Å². The van der Waals surface area contributed by atoms with E-state index in [1.54, 1.807) is 19.1 Å². The number of benzene rings is 2. The molecule has 0 fully saturated rings. The molecule has 2 aromatic rings. The van der Waals surface area contributed by atoms with Gasteiger partial charge in [-0.1, -0.05) is 17.7 Å². The Morgan fingerprint density at radius 1 is 1.14 bits per heavy atom. The summed E-state index contributed by atoms with van der Waals surface area (Å²) in [6.45, 7) is 1.74. The van der Waals surface area contributed by atoms with E-state index in [9.17, 15) is 18.5 Å². The van der Waals surface area contributed by atoms with Crippen LogP contribution in [0.15, 0.2) is 47.4 Å². The van der Waals surface area contributed by atoms with Gasteiger partial charge in [-0.3, -0.25) is 14.8 Å². The van der Waals surface area contributed by atoms with Gasteiger partial charge in [-0.05, 0) is 36.8 Å². The fourth-order valence-electron chi connectivity index (χ4n) is 1.65. The molecule has 8 heteroatoms. The minimum absolute atomic E-state index is 0.0625. The van der Waals surface area contributed by atoms with Gasteiger partial charge in [0.2, 0.25) is 0 Å². The quantitative estimate of drug-likeness (QED) is 0.689. The Balaban J connectivity index is 2.34. The maximum absolute atomic E-state index is 12.2. The zero-order chi connectivity index (χ0) is 15.6. The third-order valence-electron chi connectivity index (χ3n) is 2.80. The highest BCUT2D eigenvalue weighted by atomic mass is 35.5. The lowest BCUT2D eigenvalue weighted by molar-refractivity contribution is -0.384. The lowest BCUT2D eigenvalue weighted by Crippen LogP contribution is -2.13. The van der Waals surface area contributed by atoms with Crippen molar-refractivity contribution in [2.75, 3.05) is 4.72 Å². The number of anilines is 1. The Morgan fingerprint density at radius 3 is 2.33 bits per heavy atom. The summed E-state index contributed by atoms with van der Waals surface area (Å²) in [5.41, 5.74) is 0.902. The summed E-state index contributed by atoms with van der Waals surface area (Å²) in [7, 11) is -3.83. The summed E-state index contributed by atoms with van der Waals surface area (Å²) in [6.07, 6.45) is 0. The van der Waals surface area contributed by atoms with Gasteiger partial charge < -0.3 is 0 Å². The molecule has 0 amide bonds. The van der Waals surface area contributed by atoms with Gasteiger partial charge in [0.15, 0.2) is 0 Å². The number of nitro benzene ring substituents is 1. The van der Waals surface area contributed by atoms with E-state index in [0.29, 0.717) is 16.3 Å². The molecule has 0 aliphatic carbocycles. The van der Waals surface area contributed by atoms with Crippen molar-refractivity contribution < 1.29 is 13.3 Å². The van der Waals surface area contributed by atoms with Crippen molar-refractivity contribution in [2.45, 2.75) is 11.8 Å². The number of nitrogens with one attached hydrogen (secondary N) is 1. The largest absolute Gasteiger partial charge is 0.279 e. The number of halogens is 1. The molecule has 0 atom stereocenters. The first kappa shape index (κ1) is 15.3. The van der Waals surface area contributed by atoms with Crippen LogP contribution in [0.25, 0.3) is 0 Å². The van der Waals surface area contributed by atoms with Crippen LogP contribution in [0.2, 0.25) is 5.02 Å². The molecule has 110 valence electrons. The van der Waals surface area contributed by atoms with E-state index in [2.05, 4.69) is 4.72 Å². The van der Waals surface area contributed by atoms with Crippen molar-refractivity contribution in [1.29, 1.82) is 0 Å². The molecule has 2 aromatic carbocycles. The van der Waals surface area contributed by atoms with Crippen molar-refractivity contribution in [1.82, 2.24) is 0 Å². The van der Waals surface area contributed by atoms with E-state index >= 15 is 0 Å². The monoisotopic (exact) mass is 326 g/mol. The van der Waals surface area contributed by atoms with Crippen molar-refractivity contribution in [2.24, 2.45) is 0 Å². The van der Waals surface area contributed by atoms with Crippen molar-refractivity contribution in [3.05, 3.63) is 63.2 Å². The molecule has 0 bridgehead atoms.